The smallest absolute Gasteiger partial charge is 0.247 e. The number of methoxy groups -OCH3 is 3. The molecule has 0 unspecified atom stereocenters. The third kappa shape index (κ3) is 6.22. The maximum Gasteiger partial charge on any atom is 0.247 e. The van der Waals surface area contributed by atoms with Gasteiger partial charge in [0.25, 0.3) is 0 Å². The number of imidazole rings is 1. The van der Waals surface area contributed by atoms with Crippen molar-refractivity contribution in [3.05, 3.63) is 70.1 Å². The van der Waals surface area contributed by atoms with Crippen molar-refractivity contribution in [3.8, 4) is 28.4 Å². The minimum atomic E-state index is -0.711. The zero-order valence-electron chi connectivity index (χ0n) is 27.3. The number of anilines is 2. The van der Waals surface area contributed by atoms with Crippen LogP contribution in [-0.2, 0) is 23.1 Å². The van der Waals surface area contributed by atoms with Crippen LogP contribution in [0.15, 0.2) is 53.6 Å². The van der Waals surface area contributed by atoms with Gasteiger partial charge in [-0.05, 0) is 71.8 Å². The van der Waals surface area contributed by atoms with Gasteiger partial charge >= 0.3 is 0 Å². The van der Waals surface area contributed by atoms with Gasteiger partial charge in [0.05, 0.1) is 50.4 Å². The summed E-state index contributed by atoms with van der Waals surface area (Å²) in [4.78, 5) is 44.3. The molecule has 46 heavy (non-hydrogen) atoms. The van der Waals surface area contributed by atoms with Crippen LogP contribution in [-0.4, -0.2) is 48.7 Å². The lowest BCUT2D eigenvalue weighted by molar-refractivity contribution is -0.120. The van der Waals surface area contributed by atoms with Crippen LogP contribution in [0.5, 0.6) is 17.2 Å². The molecule has 5 rings (SSSR count). The number of nitrogens with one attached hydrogen (secondary N) is 3. The number of ether oxygens (including phenoxy) is 3. The summed E-state index contributed by atoms with van der Waals surface area (Å²) >= 11 is 0. The highest BCUT2D eigenvalue weighted by Crippen LogP contribution is 2.50. The molecule has 0 aliphatic heterocycles. The Morgan fingerprint density at radius 2 is 1.80 bits per heavy atom. The zero-order chi connectivity index (χ0) is 33.1. The van der Waals surface area contributed by atoms with E-state index in [9.17, 15) is 14.4 Å². The molecule has 0 saturated carbocycles. The Hall–Kier alpha value is -5.06. The van der Waals surface area contributed by atoms with E-state index in [1.54, 1.807) is 39.8 Å². The fourth-order valence-electron chi connectivity index (χ4n) is 6.13. The summed E-state index contributed by atoms with van der Waals surface area (Å²) in [6.07, 6.45) is 3.56. The molecule has 0 fully saturated rings. The third-order valence-corrected chi connectivity index (χ3v) is 8.72. The largest absolute Gasteiger partial charge is 0.493 e. The van der Waals surface area contributed by atoms with E-state index >= 15 is 0 Å². The van der Waals surface area contributed by atoms with Crippen molar-refractivity contribution in [1.82, 2.24) is 14.9 Å². The molecule has 1 heterocycles. The molecule has 3 N–H and O–H groups in total. The Morgan fingerprint density at radius 1 is 1.04 bits per heavy atom. The van der Waals surface area contributed by atoms with Gasteiger partial charge in [0, 0.05) is 25.2 Å². The number of hydrogen-bond donors (Lipinski definition) is 3. The topological polar surface area (TPSA) is 133 Å². The molecule has 4 aromatic rings. The van der Waals surface area contributed by atoms with Crippen molar-refractivity contribution >= 4 is 34.2 Å². The van der Waals surface area contributed by atoms with Crippen molar-refractivity contribution in [3.63, 3.8) is 0 Å². The molecule has 11 nitrogen and oxygen atoms in total. The first kappa shape index (κ1) is 32.3. The summed E-state index contributed by atoms with van der Waals surface area (Å²) in [6, 6.07) is 11.4. The van der Waals surface area contributed by atoms with Crippen molar-refractivity contribution < 1.29 is 23.8 Å². The quantitative estimate of drug-likeness (QED) is 0.218. The lowest BCUT2D eigenvalue weighted by atomic mass is 9.95. The van der Waals surface area contributed by atoms with Gasteiger partial charge in [-0.1, -0.05) is 26.3 Å². The first-order valence-corrected chi connectivity index (χ1v) is 15.4. The van der Waals surface area contributed by atoms with Gasteiger partial charge in [0.2, 0.25) is 23.0 Å². The minimum absolute atomic E-state index is 0.106. The summed E-state index contributed by atoms with van der Waals surface area (Å²) in [5, 5.41) is 9.29. The number of carbonyl (C=O) groups is 2. The maximum absolute atomic E-state index is 13.9. The predicted molar refractivity (Wildman–Crippen MR) is 179 cm³/mol. The lowest BCUT2D eigenvalue weighted by Crippen LogP contribution is -2.40. The number of carbonyl (C=O) groups excluding carboxylic acids is 2. The van der Waals surface area contributed by atoms with Crippen LogP contribution in [0.2, 0.25) is 0 Å². The standard InChI is InChI=1S/C35H41N5O6/c1-8-19(2)32(35(43)38-22-10-14-28-27(16-22)36-18-40(28)4)39-26-13-11-23-24(17-29(26)42)25(37-20(3)41)12-9-21-15-30(44-5)33(45-6)34(46-7)31(21)23/h10-11,13-19,25,32H,8-9,12H2,1-7H3,(H,37,41)(H,38,43)(H,39,42)/t19-,25+,32+/m0/s1. The van der Waals surface area contributed by atoms with Crippen LogP contribution in [0.3, 0.4) is 0 Å². The molecular weight excluding hydrogens is 586 g/mol. The number of fused-ring (bicyclic) bond motifs is 4. The van der Waals surface area contributed by atoms with E-state index < -0.39 is 12.1 Å². The summed E-state index contributed by atoms with van der Waals surface area (Å²) in [5.74, 6) is 0.838. The SMILES string of the molecule is CC[C@H](C)[C@@H](Nc1ccc2c(cc1=O)[C@H](NC(C)=O)CCc1cc(OC)c(OC)c(OC)c1-2)C(=O)Nc1ccc2c(c1)ncn2C. The molecular formula is C35H41N5O6. The molecule has 2 amide bonds. The van der Waals surface area contributed by atoms with Gasteiger partial charge in [0.1, 0.15) is 6.04 Å². The van der Waals surface area contributed by atoms with E-state index in [1.165, 1.54) is 6.92 Å². The van der Waals surface area contributed by atoms with Crippen molar-refractivity contribution in [2.24, 2.45) is 13.0 Å². The van der Waals surface area contributed by atoms with Crippen LogP contribution in [0.25, 0.3) is 22.2 Å². The monoisotopic (exact) mass is 627 g/mol. The molecule has 1 aliphatic rings. The average molecular weight is 628 g/mol. The van der Waals surface area contributed by atoms with E-state index in [4.69, 9.17) is 14.2 Å². The number of benzene rings is 2. The van der Waals surface area contributed by atoms with Gasteiger partial charge < -0.3 is 34.7 Å². The Labute approximate surface area is 268 Å². The second-order valence-electron chi connectivity index (χ2n) is 11.7. The number of hydrogen-bond acceptors (Lipinski definition) is 8. The van der Waals surface area contributed by atoms with Crippen LogP contribution in [0.1, 0.15) is 50.8 Å². The minimum Gasteiger partial charge on any atom is -0.493 e. The Morgan fingerprint density at radius 3 is 2.48 bits per heavy atom. The number of aromatic nitrogens is 2. The van der Waals surface area contributed by atoms with Crippen molar-refractivity contribution in [1.29, 1.82) is 0 Å². The van der Waals surface area contributed by atoms with Gasteiger partial charge in [0.15, 0.2) is 11.5 Å². The molecule has 3 aromatic carbocycles. The summed E-state index contributed by atoms with van der Waals surface area (Å²) < 4.78 is 19.1. The predicted octanol–water partition coefficient (Wildman–Crippen LogP) is 5.22. The Bertz CT molecular complexity index is 1850. The molecule has 242 valence electrons. The first-order valence-electron chi connectivity index (χ1n) is 15.4. The van der Waals surface area contributed by atoms with Crippen LogP contribution >= 0.6 is 0 Å². The van der Waals surface area contributed by atoms with Gasteiger partial charge in [-0.25, -0.2) is 4.98 Å². The maximum atomic E-state index is 13.9. The van der Waals surface area contributed by atoms with Crippen LogP contribution in [0.4, 0.5) is 11.4 Å². The second kappa shape index (κ2) is 13.5. The van der Waals surface area contributed by atoms with E-state index in [0.29, 0.717) is 53.3 Å². The Kier molecular flexibility index (Phi) is 9.50. The molecule has 0 bridgehead atoms. The number of nitrogens with zero attached hydrogens (tertiary/aromatic N) is 2. The third-order valence-electron chi connectivity index (χ3n) is 8.72. The van der Waals surface area contributed by atoms with Gasteiger partial charge in [-0.2, -0.15) is 0 Å². The molecule has 11 heteroatoms. The van der Waals surface area contributed by atoms with E-state index in [2.05, 4.69) is 20.9 Å². The number of amides is 2. The van der Waals surface area contributed by atoms with E-state index in [1.807, 2.05) is 55.8 Å². The Balaban J connectivity index is 1.59. The van der Waals surface area contributed by atoms with Gasteiger partial charge in [-0.3, -0.25) is 14.4 Å². The lowest BCUT2D eigenvalue weighted by Gasteiger charge is -2.24. The molecule has 0 spiro atoms. The number of rotatable bonds is 10. The molecule has 1 aromatic heterocycles. The number of aryl methyl sites for hydroxylation is 2. The van der Waals surface area contributed by atoms with E-state index in [-0.39, 0.29) is 28.8 Å². The van der Waals surface area contributed by atoms with Crippen molar-refractivity contribution in [2.45, 2.75) is 52.1 Å². The summed E-state index contributed by atoms with van der Waals surface area (Å²) in [6.45, 7) is 5.43. The zero-order valence-corrected chi connectivity index (χ0v) is 27.3. The normalized spacial score (nSPS) is 15.1. The molecule has 0 radical (unpaired) electrons. The van der Waals surface area contributed by atoms with Gasteiger partial charge in [-0.15, -0.1) is 0 Å². The molecule has 0 saturated heterocycles. The highest BCUT2D eigenvalue weighted by Gasteiger charge is 2.30. The van der Waals surface area contributed by atoms with Crippen LogP contribution < -0.4 is 35.6 Å². The summed E-state index contributed by atoms with van der Waals surface area (Å²) in [7, 11) is 6.58. The van der Waals surface area contributed by atoms with E-state index in [0.717, 1.165) is 22.2 Å². The highest BCUT2D eigenvalue weighted by atomic mass is 16.5. The highest BCUT2D eigenvalue weighted by molar-refractivity contribution is 5.98. The molecule has 3 atom stereocenters. The average Bonchev–Trinajstić information content (AvgIpc) is 3.24. The molecule has 1 aliphatic carbocycles. The fraction of sp³-hybridized carbons (Fsp3) is 0.371. The fourth-order valence-corrected chi connectivity index (χ4v) is 6.13. The van der Waals surface area contributed by atoms with Crippen LogP contribution in [0, 0.1) is 5.92 Å². The summed E-state index contributed by atoms with van der Waals surface area (Å²) in [5.41, 5.74) is 5.33. The second-order valence-corrected chi connectivity index (χ2v) is 11.7. The van der Waals surface area contributed by atoms with Crippen molar-refractivity contribution in [2.75, 3.05) is 32.0 Å². The first-order chi connectivity index (χ1) is 22.1.